The predicted molar refractivity (Wildman–Crippen MR) is 80.0 cm³/mol. The number of benzene rings is 1. The van der Waals surface area contributed by atoms with Crippen molar-refractivity contribution in [3.05, 3.63) is 24.0 Å². The first-order chi connectivity index (χ1) is 10.7. The molecular weight excluding hydrogens is 284 g/mol. The molecule has 2 aliphatic heterocycles. The van der Waals surface area contributed by atoms with Crippen molar-refractivity contribution >= 4 is 11.0 Å². The Kier molecular flexibility index (Phi) is 3.32. The quantitative estimate of drug-likeness (QED) is 0.925. The lowest BCUT2D eigenvalue weighted by molar-refractivity contribution is 0.00865. The van der Waals surface area contributed by atoms with Crippen molar-refractivity contribution in [2.75, 3.05) is 13.2 Å². The largest absolute Gasteiger partial charge is 0.485 e. The molecule has 0 aliphatic carbocycles. The van der Waals surface area contributed by atoms with Crippen LogP contribution in [0.5, 0.6) is 5.75 Å². The number of hydrogen-bond donors (Lipinski definition) is 1. The summed E-state index contributed by atoms with van der Waals surface area (Å²) in [4.78, 5) is 4.54. The number of aromatic nitrogens is 2. The molecule has 1 N–H and O–H groups in total. The fourth-order valence-corrected chi connectivity index (χ4v) is 3.42. The summed E-state index contributed by atoms with van der Waals surface area (Å²) in [6.45, 7) is 5.74. The van der Waals surface area contributed by atoms with E-state index in [9.17, 15) is 5.11 Å². The van der Waals surface area contributed by atoms with Gasteiger partial charge in [0.1, 0.15) is 29.9 Å². The summed E-state index contributed by atoms with van der Waals surface area (Å²) < 4.78 is 19.4. The molecule has 118 valence electrons. The van der Waals surface area contributed by atoms with Crippen molar-refractivity contribution < 1.29 is 19.3 Å². The Balaban J connectivity index is 1.59. The molecule has 2 fully saturated rings. The normalized spacial score (nSPS) is 30.9. The van der Waals surface area contributed by atoms with Crippen LogP contribution in [-0.4, -0.2) is 52.3 Å². The van der Waals surface area contributed by atoms with Crippen LogP contribution < -0.4 is 4.74 Å². The minimum atomic E-state index is -0.551. The number of imidazole rings is 1. The van der Waals surface area contributed by atoms with Crippen LogP contribution in [0, 0.1) is 6.92 Å². The maximum atomic E-state index is 9.78. The standard InChI is InChI=1S/C16H20N2O4/c1-3-18-9(2)17-11-5-4-10(6-12(11)18)22-14-8-21-15-13(19)7-20-16(14)15/h4-6,13-16,19H,3,7-8H2,1-2H3/t13-,14-,15-,16-/m1/s1. The number of aliphatic hydroxyl groups excluding tert-OH is 1. The molecule has 1 aromatic carbocycles. The van der Waals surface area contributed by atoms with Crippen LogP contribution in [0.3, 0.4) is 0 Å². The van der Waals surface area contributed by atoms with Crippen molar-refractivity contribution in [1.82, 2.24) is 9.55 Å². The fraction of sp³-hybridized carbons (Fsp3) is 0.562. The zero-order valence-corrected chi connectivity index (χ0v) is 12.7. The number of aryl methyl sites for hydroxylation is 2. The summed E-state index contributed by atoms with van der Waals surface area (Å²) in [5.41, 5.74) is 2.04. The topological polar surface area (TPSA) is 65.7 Å². The van der Waals surface area contributed by atoms with Gasteiger partial charge in [-0.15, -0.1) is 0 Å². The first-order valence-electron chi connectivity index (χ1n) is 7.72. The first kappa shape index (κ1) is 14.0. The maximum Gasteiger partial charge on any atom is 0.151 e. The van der Waals surface area contributed by atoms with E-state index in [1.807, 2.05) is 25.1 Å². The van der Waals surface area contributed by atoms with Gasteiger partial charge in [-0.05, 0) is 26.0 Å². The van der Waals surface area contributed by atoms with Gasteiger partial charge in [-0.2, -0.15) is 0 Å². The highest BCUT2D eigenvalue weighted by molar-refractivity contribution is 5.77. The molecule has 1 aromatic heterocycles. The van der Waals surface area contributed by atoms with Crippen LogP contribution in [0.2, 0.25) is 0 Å². The number of ether oxygens (including phenoxy) is 3. The molecule has 0 unspecified atom stereocenters. The van der Waals surface area contributed by atoms with Gasteiger partial charge in [0.15, 0.2) is 6.10 Å². The van der Waals surface area contributed by atoms with Gasteiger partial charge < -0.3 is 23.9 Å². The van der Waals surface area contributed by atoms with E-state index in [4.69, 9.17) is 14.2 Å². The number of nitrogens with zero attached hydrogens (tertiary/aromatic N) is 2. The molecule has 0 radical (unpaired) electrons. The van der Waals surface area contributed by atoms with Gasteiger partial charge in [-0.25, -0.2) is 4.98 Å². The number of rotatable bonds is 3. The van der Waals surface area contributed by atoms with E-state index >= 15 is 0 Å². The number of aliphatic hydroxyl groups is 1. The average Bonchev–Trinajstić information content (AvgIpc) is 3.15. The highest BCUT2D eigenvalue weighted by atomic mass is 16.6. The second kappa shape index (κ2) is 5.22. The van der Waals surface area contributed by atoms with Crippen LogP contribution in [0.4, 0.5) is 0 Å². The van der Waals surface area contributed by atoms with E-state index in [2.05, 4.69) is 16.5 Å². The van der Waals surface area contributed by atoms with Gasteiger partial charge in [0.05, 0.1) is 24.2 Å². The van der Waals surface area contributed by atoms with E-state index in [1.54, 1.807) is 0 Å². The monoisotopic (exact) mass is 304 g/mol. The van der Waals surface area contributed by atoms with E-state index in [-0.39, 0.29) is 18.3 Å². The van der Waals surface area contributed by atoms with Crippen molar-refractivity contribution in [2.45, 2.75) is 44.8 Å². The highest BCUT2D eigenvalue weighted by Crippen LogP contribution is 2.31. The molecule has 2 saturated heterocycles. The summed E-state index contributed by atoms with van der Waals surface area (Å²) in [5, 5.41) is 9.78. The summed E-state index contributed by atoms with van der Waals surface area (Å²) in [6.07, 6.45) is -1.19. The minimum Gasteiger partial charge on any atom is -0.485 e. The average molecular weight is 304 g/mol. The van der Waals surface area contributed by atoms with Crippen molar-refractivity contribution in [3.8, 4) is 5.75 Å². The van der Waals surface area contributed by atoms with Crippen LogP contribution in [0.15, 0.2) is 18.2 Å². The maximum absolute atomic E-state index is 9.78. The second-order valence-corrected chi connectivity index (χ2v) is 5.87. The van der Waals surface area contributed by atoms with E-state index in [0.717, 1.165) is 29.2 Å². The van der Waals surface area contributed by atoms with Gasteiger partial charge in [-0.3, -0.25) is 0 Å². The SMILES string of the molecule is CCn1c(C)nc2ccc(O[C@@H]3CO[C@H]4[C@@H]3OC[C@H]4O)cc21. The third kappa shape index (κ3) is 2.10. The molecule has 3 heterocycles. The molecule has 6 nitrogen and oxygen atoms in total. The molecule has 2 aromatic rings. The second-order valence-electron chi connectivity index (χ2n) is 5.87. The Morgan fingerprint density at radius 2 is 2.14 bits per heavy atom. The van der Waals surface area contributed by atoms with Gasteiger partial charge in [0.2, 0.25) is 0 Å². The Hall–Kier alpha value is -1.63. The molecule has 22 heavy (non-hydrogen) atoms. The third-order valence-electron chi connectivity index (χ3n) is 4.50. The lowest BCUT2D eigenvalue weighted by Gasteiger charge is -2.18. The minimum absolute atomic E-state index is 0.182. The van der Waals surface area contributed by atoms with E-state index in [0.29, 0.717) is 13.2 Å². The predicted octanol–water partition coefficient (Wildman–Crippen LogP) is 1.27. The lowest BCUT2D eigenvalue weighted by Crippen LogP contribution is -2.34. The van der Waals surface area contributed by atoms with Gasteiger partial charge in [0, 0.05) is 12.6 Å². The molecule has 0 saturated carbocycles. The zero-order valence-electron chi connectivity index (χ0n) is 12.7. The summed E-state index contributed by atoms with van der Waals surface area (Å²) in [7, 11) is 0. The molecule has 0 spiro atoms. The first-order valence-corrected chi connectivity index (χ1v) is 7.72. The smallest absolute Gasteiger partial charge is 0.151 e. The van der Waals surface area contributed by atoms with Crippen molar-refractivity contribution in [1.29, 1.82) is 0 Å². The Morgan fingerprint density at radius 3 is 2.95 bits per heavy atom. The van der Waals surface area contributed by atoms with Crippen molar-refractivity contribution in [2.24, 2.45) is 0 Å². The molecular formula is C16H20N2O4. The summed E-state index contributed by atoms with van der Waals surface area (Å²) in [5.74, 6) is 1.78. The fourth-order valence-electron chi connectivity index (χ4n) is 3.42. The molecule has 0 amide bonds. The highest BCUT2D eigenvalue weighted by Gasteiger charge is 2.48. The van der Waals surface area contributed by atoms with E-state index < -0.39 is 6.10 Å². The van der Waals surface area contributed by atoms with E-state index in [1.165, 1.54) is 0 Å². The Bertz CT molecular complexity index is 699. The van der Waals surface area contributed by atoms with Crippen LogP contribution >= 0.6 is 0 Å². The molecule has 4 atom stereocenters. The van der Waals surface area contributed by atoms with Gasteiger partial charge in [-0.1, -0.05) is 0 Å². The van der Waals surface area contributed by atoms with Gasteiger partial charge >= 0.3 is 0 Å². The molecule has 4 rings (SSSR count). The number of fused-ring (bicyclic) bond motifs is 2. The van der Waals surface area contributed by atoms with Crippen LogP contribution in [0.25, 0.3) is 11.0 Å². The van der Waals surface area contributed by atoms with Gasteiger partial charge in [0.25, 0.3) is 0 Å². The molecule has 2 aliphatic rings. The van der Waals surface area contributed by atoms with Crippen LogP contribution in [-0.2, 0) is 16.0 Å². The van der Waals surface area contributed by atoms with Crippen molar-refractivity contribution in [3.63, 3.8) is 0 Å². The summed E-state index contributed by atoms with van der Waals surface area (Å²) in [6, 6.07) is 5.91. The lowest BCUT2D eigenvalue weighted by atomic mass is 10.1. The Morgan fingerprint density at radius 1 is 1.32 bits per heavy atom. The molecule has 0 bridgehead atoms. The summed E-state index contributed by atoms with van der Waals surface area (Å²) >= 11 is 0. The number of hydrogen-bond acceptors (Lipinski definition) is 5. The third-order valence-corrected chi connectivity index (χ3v) is 4.50. The Labute approximate surface area is 128 Å². The zero-order chi connectivity index (χ0) is 15.3. The molecule has 6 heteroatoms. The van der Waals surface area contributed by atoms with Crippen LogP contribution in [0.1, 0.15) is 12.7 Å².